The van der Waals surface area contributed by atoms with Gasteiger partial charge in [-0.05, 0) is 49.2 Å². The highest BCUT2D eigenvalue weighted by Crippen LogP contribution is 2.38. The van der Waals surface area contributed by atoms with Gasteiger partial charge in [0.2, 0.25) is 10.0 Å². The Kier molecular flexibility index (Phi) is 4.23. The molecule has 7 heteroatoms. The molecule has 0 saturated heterocycles. The van der Waals surface area contributed by atoms with Gasteiger partial charge in [0.1, 0.15) is 16.5 Å². The van der Waals surface area contributed by atoms with Crippen LogP contribution in [0.25, 0.3) is 0 Å². The second-order valence-corrected chi connectivity index (χ2v) is 7.24. The topological polar surface area (TPSA) is 80.3 Å². The van der Waals surface area contributed by atoms with Crippen LogP contribution in [0.3, 0.4) is 0 Å². The number of hydrogen-bond donors (Lipinski definition) is 2. The lowest BCUT2D eigenvalue weighted by Gasteiger charge is -2.15. The minimum Gasteiger partial charge on any atom is -0.496 e. The average Bonchev–Trinajstić information content (AvgIpc) is 2.98. The van der Waals surface area contributed by atoms with Crippen molar-refractivity contribution in [2.24, 2.45) is 0 Å². The summed E-state index contributed by atoms with van der Waals surface area (Å²) in [6.07, 6.45) is 3.26. The summed E-state index contributed by atoms with van der Waals surface area (Å²) in [5, 5.41) is 3.36. The summed E-state index contributed by atoms with van der Waals surface area (Å²) >= 11 is 0. The average molecular weight is 333 g/mol. The third-order valence-corrected chi connectivity index (χ3v) is 5.48. The number of anilines is 1. The molecular weight excluding hydrogens is 314 g/mol. The minimum absolute atomic E-state index is 0.152. The van der Waals surface area contributed by atoms with Gasteiger partial charge in [-0.25, -0.2) is 18.1 Å². The first kappa shape index (κ1) is 15.8. The quantitative estimate of drug-likeness (QED) is 0.876. The summed E-state index contributed by atoms with van der Waals surface area (Å²) in [5.74, 6) is 1.57. The molecule has 2 aromatic rings. The SMILES string of the molecule is CNS(=O)(=O)c1ccc(NC2CCc3c(OC)cccc32)nc1. The summed E-state index contributed by atoms with van der Waals surface area (Å²) in [6, 6.07) is 9.41. The first-order chi connectivity index (χ1) is 11.0. The Bertz CT molecular complexity index is 804. The molecule has 1 atom stereocenters. The smallest absolute Gasteiger partial charge is 0.241 e. The third-order valence-electron chi connectivity index (χ3n) is 4.09. The van der Waals surface area contributed by atoms with Crippen LogP contribution in [-0.4, -0.2) is 27.6 Å². The zero-order chi connectivity index (χ0) is 16.4. The molecule has 1 aromatic heterocycles. The van der Waals surface area contributed by atoms with Gasteiger partial charge in [-0.2, -0.15) is 0 Å². The summed E-state index contributed by atoms with van der Waals surface area (Å²) in [4.78, 5) is 4.36. The highest BCUT2D eigenvalue weighted by molar-refractivity contribution is 7.89. The highest BCUT2D eigenvalue weighted by Gasteiger charge is 2.25. The fourth-order valence-corrected chi connectivity index (χ4v) is 3.56. The zero-order valence-corrected chi connectivity index (χ0v) is 13.9. The van der Waals surface area contributed by atoms with E-state index in [1.807, 2.05) is 12.1 Å². The van der Waals surface area contributed by atoms with Crippen LogP contribution in [0.4, 0.5) is 5.82 Å². The van der Waals surface area contributed by atoms with Crippen molar-refractivity contribution < 1.29 is 13.2 Å². The van der Waals surface area contributed by atoms with E-state index in [0.29, 0.717) is 5.82 Å². The van der Waals surface area contributed by atoms with Gasteiger partial charge >= 0.3 is 0 Å². The standard InChI is InChI=1S/C16H19N3O3S/c1-17-23(20,21)11-6-9-16(18-10-11)19-14-8-7-13-12(14)4-3-5-15(13)22-2/h3-6,9-10,14,17H,7-8H2,1-2H3,(H,18,19). The lowest BCUT2D eigenvalue weighted by atomic mass is 10.1. The van der Waals surface area contributed by atoms with E-state index in [-0.39, 0.29) is 10.9 Å². The van der Waals surface area contributed by atoms with Gasteiger partial charge in [0.05, 0.1) is 13.2 Å². The van der Waals surface area contributed by atoms with Crippen molar-refractivity contribution in [1.29, 1.82) is 0 Å². The Morgan fingerprint density at radius 2 is 2.09 bits per heavy atom. The normalized spacial score (nSPS) is 16.9. The summed E-state index contributed by atoms with van der Waals surface area (Å²) in [6.45, 7) is 0. The van der Waals surface area contributed by atoms with Crippen LogP contribution in [0.5, 0.6) is 5.75 Å². The van der Waals surface area contributed by atoms with E-state index in [1.54, 1.807) is 19.2 Å². The molecule has 0 radical (unpaired) electrons. The number of methoxy groups -OCH3 is 1. The molecular formula is C16H19N3O3S. The monoisotopic (exact) mass is 333 g/mol. The lowest BCUT2D eigenvalue weighted by Crippen LogP contribution is -2.18. The van der Waals surface area contributed by atoms with Gasteiger partial charge in [-0.3, -0.25) is 0 Å². The molecule has 23 heavy (non-hydrogen) atoms. The number of pyridine rings is 1. The van der Waals surface area contributed by atoms with Crippen molar-refractivity contribution in [2.75, 3.05) is 19.5 Å². The van der Waals surface area contributed by atoms with Gasteiger partial charge < -0.3 is 10.1 Å². The maximum atomic E-state index is 11.7. The molecule has 0 amide bonds. The largest absolute Gasteiger partial charge is 0.496 e. The van der Waals surface area contributed by atoms with Crippen molar-refractivity contribution >= 4 is 15.8 Å². The number of sulfonamides is 1. The molecule has 6 nitrogen and oxygen atoms in total. The van der Waals surface area contributed by atoms with Crippen LogP contribution >= 0.6 is 0 Å². The molecule has 0 saturated carbocycles. The maximum absolute atomic E-state index is 11.7. The minimum atomic E-state index is -3.46. The van der Waals surface area contributed by atoms with Crippen molar-refractivity contribution in [2.45, 2.75) is 23.8 Å². The number of hydrogen-bond acceptors (Lipinski definition) is 5. The Balaban J connectivity index is 1.80. The molecule has 0 fully saturated rings. The predicted molar refractivity (Wildman–Crippen MR) is 88.2 cm³/mol. The summed E-state index contributed by atoms with van der Waals surface area (Å²) < 4.78 is 31.1. The zero-order valence-electron chi connectivity index (χ0n) is 13.0. The first-order valence-electron chi connectivity index (χ1n) is 7.37. The second-order valence-electron chi connectivity index (χ2n) is 5.35. The van der Waals surface area contributed by atoms with Crippen molar-refractivity contribution in [3.63, 3.8) is 0 Å². The fraction of sp³-hybridized carbons (Fsp3) is 0.312. The molecule has 1 aliphatic rings. The molecule has 1 heterocycles. The molecule has 3 rings (SSSR count). The molecule has 0 aliphatic heterocycles. The van der Waals surface area contributed by atoms with Gasteiger partial charge in [-0.15, -0.1) is 0 Å². The van der Waals surface area contributed by atoms with Gasteiger partial charge in [0, 0.05) is 6.20 Å². The van der Waals surface area contributed by atoms with Gasteiger partial charge in [0.25, 0.3) is 0 Å². The number of ether oxygens (including phenoxy) is 1. The number of nitrogens with zero attached hydrogens (tertiary/aromatic N) is 1. The Morgan fingerprint density at radius 1 is 1.26 bits per heavy atom. The van der Waals surface area contributed by atoms with E-state index < -0.39 is 10.0 Å². The fourth-order valence-electron chi connectivity index (χ4n) is 2.88. The highest BCUT2D eigenvalue weighted by atomic mass is 32.2. The first-order valence-corrected chi connectivity index (χ1v) is 8.85. The van der Waals surface area contributed by atoms with Crippen LogP contribution in [0, 0.1) is 0 Å². The van der Waals surface area contributed by atoms with E-state index in [4.69, 9.17) is 4.74 Å². The van der Waals surface area contributed by atoms with Crippen LogP contribution < -0.4 is 14.8 Å². The van der Waals surface area contributed by atoms with Gasteiger partial charge in [-0.1, -0.05) is 12.1 Å². The van der Waals surface area contributed by atoms with E-state index in [1.165, 1.54) is 24.4 Å². The predicted octanol–water partition coefficient (Wildman–Crippen LogP) is 2.10. The molecule has 0 bridgehead atoms. The van der Waals surface area contributed by atoms with Crippen molar-refractivity contribution in [1.82, 2.24) is 9.71 Å². The van der Waals surface area contributed by atoms with E-state index in [9.17, 15) is 8.42 Å². The molecule has 0 spiro atoms. The Hall–Kier alpha value is -2.12. The number of benzene rings is 1. The Morgan fingerprint density at radius 3 is 2.74 bits per heavy atom. The van der Waals surface area contributed by atoms with Crippen LogP contribution in [0.15, 0.2) is 41.4 Å². The van der Waals surface area contributed by atoms with E-state index in [2.05, 4.69) is 21.1 Å². The second kappa shape index (κ2) is 6.17. The summed E-state index contributed by atoms with van der Waals surface area (Å²) in [5.41, 5.74) is 2.43. The molecule has 122 valence electrons. The number of aromatic nitrogens is 1. The van der Waals surface area contributed by atoms with Crippen molar-refractivity contribution in [3.05, 3.63) is 47.7 Å². The number of rotatable bonds is 5. The van der Waals surface area contributed by atoms with Crippen molar-refractivity contribution in [3.8, 4) is 5.75 Å². The van der Waals surface area contributed by atoms with Crippen LogP contribution in [0.1, 0.15) is 23.6 Å². The third kappa shape index (κ3) is 3.02. The van der Waals surface area contributed by atoms with Crippen LogP contribution in [0.2, 0.25) is 0 Å². The number of fused-ring (bicyclic) bond motifs is 1. The lowest BCUT2D eigenvalue weighted by molar-refractivity contribution is 0.410. The maximum Gasteiger partial charge on any atom is 0.241 e. The van der Waals surface area contributed by atoms with E-state index >= 15 is 0 Å². The molecule has 2 N–H and O–H groups in total. The molecule has 1 unspecified atom stereocenters. The van der Waals surface area contributed by atoms with Crippen LogP contribution in [-0.2, 0) is 16.4 Å². The van der Waals surface area contributed by atoms with Gasteiger partial charge in [0.15, 0.2) is 0 Å². The Labute approximate surface area is 136 Å². The number of nitrogens with one attached hydrogen (secondary N) is 2. The van der Waals surface area contributed by atoms with E-state index in [0.717, 1.165) is 18.6 Å². The molecule has 1 aromatic carbocycles. The molecule has 1 aliphatic carbocycles. The summed E-state index contributed by atoms with van der Waals surface area (Å²) in [7, 11) is -0.398.